The Morgan fingerprint density at radius 1 is 1.31 bits per heavy atom. The van der Waals surface area contributed by atoms with Gasteiger partial charge in [-0.3, -0.25) is 0 Å². The fourth-order valence-corrected chi connectivity index (χ4v) is 1.87. The zero-order valence-electron chi connectivity index (χ0n) is 7.86. The Hall–Kier alpha value is -1.24. The van der Waals surface area contributed by atoms with E-state index in [9.17, 15) is 21.1 Å². The van der Waals surface area contributed by atoms with Gasteiger partial charge in [0.25, 0.3) is 5.92 Å². The minimum atomic E-state index is -5.19. The minimum absolute atomic E-state index is 0.00808. The van der Waals surface area contributed by atoms with Crippen molar-refractivity contribution in [1.82, 2.24) is 0 Å². The van der Waals surface area contributed by atoms with Crippen molar-refractivity contribution >= 4 is 10.5 Å². The second-order valence-corrected chi connectivity index (χ2v) is 4.48. The molecule has 88 valence electrons. The van der Waals surface area contributed by atoms with E-state index in [1.165, 1.54) is 18.2 Å². The summed E-state index contributed by atoms with van der Waals surface area (Å²) in [5.41, 5.74) is 0.00808. The lowest BCUT2D eigenvalue weighted by molar-refractivity contribution is 0.112. The van der Waals surface area contributed by atoms with Gasteiger partial charge in [0.15, 0.2) is 0 Å². The molecule has 0 saturated heterocycles. The fourth-order valence-electron chi connectivity index (χ4n) is 1.50. The maximum atomic E-state index is 12.8. The Bertz CT molecular complexity index is 512. The molecule has 3 nitrogen and oxygen atoms in total. The highest BCUT2D eigenvalue weighted by molar-refractivity contribution is 7.81. The number of benzene rings is 1. The molecular weight excluding hydrogens is 245 g/mol. The summed E-state index contributed by atoms with van der Waals surface area (Å²) in [6.07, 6.45) is -0.375. The van der Waals surface area contributed by atoms with Crippen LogP contribution < -0.4 is 4.18 Å². The molecule has 0 amide bonds. The van der Waals surface area contributed by atoms with Crippen LogP contribution in [0.25, 0.3) is 0 Å². The lowest BCUT2D eigenvalue weighted by Crippen LogP contribution is -2.04. The number of hydrogen-bond donors (Lipinski definition) is 0. The Morgan fingerprint density at radius 3 is 2.38 bits per heavy atom. The van der Waals surface area contributed by atoms with Crippen LogP contribution in [0.15, 0.2) is 24.3 Å². The van der Waals surface area contributed by atoms with Crippen LogP contribution in [-0.2, 0) is 10.5 Å². The van der Waals surface area contributed by atoms with Crippen molar-refractivity contribution in [2.75, 3.05) is 0 Å². The molecule has 0 N–H and O–H groups in total. The molecule has 0 spiro atoms. The minimum Gasteiger partial charge on any atom is -0.358 e. The van der Waals surface area contributed by atoms with Gasteiger partial charge in [0.2, 0.25) is 0 Å². The van der Waals surface area contributed by atoms with Crippen LogP contribution >= 0.6 is 0 Å². The number of hydrogen-bond acceptors (Lipinski definition) is 3. The molecule has 1 atom stereocenters. The molecule has 2 rings (SSSR count). The first-order valence-corrected chi connectivity index (χ1v) is 5.71. The Balaban J connectivity index is 2.33. The first kappa shape index (κ1) is 11.3. The Kier molecular flexibility index (Phi) is 2.37. The molecule has 0 radical (unpaired) electrons. The predicted molar refractivity (Wildman–Crippen MR) is 49.4 cm³/mol. The Morgan fingerprint density at radius 2 is 1.88 bits per heavy atom. The molecule has 0 aromatic heterocycles. The zero-order chi connectivity index (χ0) is 12.0. The maximum absolute atomic E-state index is 12.8. The molecular formula is C9H7F3O3S. The number of halogens is 3. The van der Waals surface area contributed by atoms with Gasteiger partial charge in [0.05, 0.1) is 5.92 Å². The number of para-hydroxylation sites is 1. The molecule has 1 fully saturated rings. The van der Waals surface area contributed by atoms with Crippen LogP contribution in [0, 0.1) is 0 Å². The zero-order valence-corrected chi connectivity index (χ0v) is 8.68. The van der Waals surface area contributed by atoms with E-state index in [1.807, 2.05) is 0 Å². The van der Waals surface area contributed by atoms with Crippen molar-refractivity contribution < 1.29 is 25.3 Å². The molecule has 1 aliphatic rings. The fraction of sp³-hybridized carbons (Fsp3) is 0.333. The van der Waals surface area contributed by atoms with Gasteiger partial charge in [-0.15, -0.1) is 0 Å². The normalized spacial score (nSPS) is 22.8. The van der Waals surface area contributed by atoms with Gasteiger partial charge in [-0.05, 0) is 6.07 Å². The van der Waals surface area contributed by atoms with Crippen LogP contribution in [0.1, 0.15) is 17.9 Å². The van der Waals surface area contributed by atoms with Crippen molar-refractivity contribution in [2.45, 2.75) is 18.3 Å². The second kappa shape index (κ2) is 3.38. The third-order valence-electron chi connectivity index (χ3n) is 2.31. The molecule has 0 aliphatic heterocycles. The van der Waals surface area contributed by atoms with Crippen LogP contribution in [0.5, 0.6) is 5.75 Å². The molecule has 0 heterocycles. The summed E-state index contributed by atoms with van der Waals surface area (Å²) in [5.74, 6) is -4.34. The van der Waals surface area contributed by atoms with Crippen molar-refractivity contribution in [2.24, 2.45) is 0 Å². The molecule has 1 unspecified atom stereocenters. The molecule has 1 saturated carbocycles. The van der Waals surface area contributed by atoms with Crippen molar-refractivity contribution in [1.29, 1.82) is 0 Å². The van der Waals surface area contributed by atoms with Crippen LogP contribution in [0.4, 0.5) is 12.7 Å². The highest BCUT2D eigenvalue weighted by Gasteiger charge is 2.58. The van der Waals surface area contributed by atoms with Gasteiger partial charge in [-0.2, -0.15) is 8.42 Å². The lowest BCUT2D eigenvalue weighted by Gasteiger charge is -2.06. The van der Waals surface area contributed by atoms with Crippen LogP contribution in [0.2, 0.25) is 0 Å². The van der Waals surface area contributed by atoms with Gasteiger partial charge >= 0.3 is 10.5 Å². The average molecular weight is 252 g/mol. The van der Waals surface area contributed by atoms with Crippen LogP contribution in [-0.4, -0.2) is 14.3 Å². The third kappa shape index (κ3) is 2.29. The van der Waals surface area contributed by atoms with Crippen LogP contribution in [0.3, 0.4) is 0 Å². The van der Waals surface area contributed by atoms with Gasteiger partial charge < -0.3 is 4.18 Å². The molecule has 1 aromatic carbocycles. The van der Waals surface area contributed by atoms with E-state index < -0.39 is 22.3 Å². The highest BCUT2D eigenvalue weighted by Crippen LogP contribution is 2.57. The monoisotopic (exact) mass is 252 g/mol. The third-order valence-corrected chi connectivity index (χ3v) is 2.69. The van der Waals surface area contributed by atoms with Gasteiger partial charge in [-0.25, -0.2) is 8.78 Å². The van der Waals surface area contributed by atoms with E-state index in [0.29, 0.717) is 0 Å². The molecule has 1 aromatic rings. The van der Waals surface area contributed by atoms with E-state index in [-0.39, 0.29) is 17.7 Å². The summed E-state index contributed by atoms with van der Waals surface area (Å²) < 4.78 is 62.4. The summed E-state index contributed by atoms with van der Waals surface area (Å²) in [6, 6.07) is 5.28. The summed E-state index contributed by atoms with van der Waals surface area (Å²) in [7, 11) is -5.19. The average Bonchev–Trinajstić information content (AvgIpc) is 2.73. The van der Waals surface area contributed by atoms with E-state index in [2.05, 4.69) is 4.18 Å². The van der Waals surface area contributed by atoms with E-state index in [0.717, 1.165) is 6.07 Å². The van der Waals surface area contributed by atoms with Gasteiger partial charge in [0.1, 0.15) is 5.75 Å². The van der Waals surface area contributed by atoms with E-state index >= 15 is 0 Å². The topological polar surface area (TPSA) is 43.4 Å². The standard InChI is InChI=1S/C9H7F3O3S/c10-9(11)5-7(9)6-3-1-2-4-8(6)15-16(12,13)14/h1-4,7H,5H2. The van der Waals surface area contributed by atoms with Gasteiger partial charge in [0, 0.05) is 12.0 Å². The first-order valence-electron chi connectivity index (χ1n) is 4.40. The first-order chi connectivity index (χ1) is 7.30. The number of rotatable bonds is 3. The SMILES string of the molecule is O=S(=O)(F)Oc1ccccc1C1CC1(F)F. The smallest absolute Gasteiger partial charge is 0.358 e. The predicted octanol–water partition coefficient (Wildman–Crippen LogP) is 2.40. The van der Waals surface area contributed by atoms with E-state index in [4.69, 9.17) is 0 Å². The summed E-state index contributed by atoms with van der Waals surface area (Å²) in [5, 5.41) is 0. The van der Waals surface area contributed by atoms with Gasteiger partial charge in [-0.1, -0.05) is 22.1 Å². The Labute approximate surface area is 90.3 Å². The van der Waals surface area contributed by atoms with E-state index in [1.54, 1.807) is 0 Å². The maximum Gasteiger partial charge on any atom is 0.488 e. The summed E-state index contributed by atoms with van der Waals surface area (Å²) in [4.78, 5) is 0. The quantitative estimate of drug-likeness (QED) is 0.776. The molecule has 7 heteroatoms. The number of alkyl halides is 2. The summed E-state index contributed by atoms with van der Waals surface area (Å²) in [6.45, 7) is 0. The molecule has 16 heavy (non-hydrogen) atoms. The summed E-state index contributed by atoms with van der Waals surface area (Å²) >= 11 is 0. The molecule has 0 bridgehead atoms. The highest BCUT2D eigenvalue weighted by atomic mass is 32.3. The molecule has 1 aliphatic carbocycles. The largest absolute Gasteiger partial charge is 0.488 e. The lowest BCUT2D eigenvalue weighted by atomic mass is 10.1. The second-order valence-electron chi connectivity index (χ2n) is 3.53. The van der Waals surface area contributed by atoms with Crippen molar-refractivity contribution in [3.8, 4) is 5.75 Å². The van der Waals surface area contributed by atoms with Crippen molar-refractivity contribution in [3.05, 3.63) is 29.8 Å². The van der Waals surface area contributed by atoms with Crippen molar-refractivity contribution in [3.63, 3.8) is 0 Å².